The molecule has 3 aromatic carbocycles. The van der Waals surface area contributed by atoms with Crippen LogP contribution in [0.5, 0.6) is 0 Å². The fourth-order valence-electron chi connectivity index (χ4n) is 4.62. The minimum Gasteiger partial charge on any atom is -0.481 e. The maximum absolute atomic E-state index is 13.7. The molecule has 0 saturated carbocycles. The van der Waals surface area contributed by atoms with Gasteiger partial charge in [-0.1, -0.05) is 79.6 Å². The van der Waals surface area contributed by atoms with E-state index in [-0.39, 0.29) is 18.4 Å². The molecule has 36 heavy (non-hydrogen) atoms. The molecule has 1 amide bonds. The van der Waals surface area contributed by atoms with Gasteiger partial charge in [0.25, 0.3) is 5.91 Å². The molecule has 2 N–H and O–H groups in total. The third kappa shape index (κ3) is 7.70. The first kappa shape index (κ1) is 27.0. The summed E-state index contributed by atoms with van der Waals surface area (Å²) in [5, 5.41) is 12.5. The molecule has 0 saturated heterocycles. The molecule has 0 heterocycles. The highest BCUT2D eigenvalue weighted by Crippen LogP contribution is 2.26. The summed E-state index contributed by atoms with van der Waals surface area (Å²) >= 11 is 0. The van der Waals surface area contributed by atoms with Crippen LogP contribution in [-0.2, 0) is 17.8 Å². The molecule has 0 bridgehead atoms. The Hall–Kier alpha value is -3.60. The Morgan fingerprint density at radius 2 is 1.61 bits per heavy atom. The average Bonchev–Trinajstić information content (AvgIpc) is 2.81. The van der Waals surface area contributed by atoms with E-state index in [2.05, 4.69) is 68.2 Å². The van der Waals surface area contributed by atoms with E-state index in [1.165, 1.54) is 16.7 Å². The lowest BCUT2D eigenvalue weighted by Crippen LogP contribution is -2.31. The third-order valence-corrected chi connectivity index (χ3v) is 6.31. The molecule has 190 valence electrons. The van der Waals surface area contributed by atoms with Crippen LogP contribution < -0.4 is 10.2 Å². The molecule has 5 heteroatoms. The molecule has 0 aliphatic rings. The van der Waals surface area contributed by atoms with Crippen LogP contribution in [-0.4, -0.2) is 24.0 Å². The third-order valence-electron chi connectivity index (χ3n) is 6.31. The Balaban J connectivity index is 1.93. The van der Waals surface area contributed by atoms with Crippen molar-refractivity contribution in [3.05, 3.63) is 100 Å². The standard InChI is InChI=1S/C31H38N2O3/c1-21(2)15-29(26-17-22(3)16-23(4)18-26)32-31(36)28-19-27(13-11-25(28)12-14-30(34)35)33(5)20-24-9-7-6-8-10-24/h6-11,13,16-19,21,29H,12,14-15,20H2,1-5H3,(H,32,36)(H,34,35). The van der Waals surface area contributed by atoms with Crippen molar-refractivity contribution in [3.8, 4) is 0 Å². The second-order valence-electron chi connectivity index (χ2n) is 10.2. The molecule has 0 aliphatic heterocycles. The zero-order valence-electron chi connectivity index (χ0n) is 22.0. The summed E-state index contributed by atoms with van der Waals surface area (Å²) in [5.74, 6) is -0.652. The topological polar surface area (TPSA) is 69.6 Å². The molecule has 1 unspecified atom stereocenters. The normalized spacial score (nSPS) is 11.8. The fraction of sp³-hybridized carbons (Fsp3) is 0.355. The van der Waals surface area contributed by atoms with Crippen LogP contribution in [0, 0.1) is 19.8 Å². The number of carbonyl (C=O) groups excluding carboxylic acids is 1. The number of hydrogen-bond donors (Lipinski definition) is 2. The van der Waals surface area contributed by atoms with Crippen LogP contribution in [0.25, 0.3) is 0 Å². The zero-order chi connectivity index (χ0) is 26.2. The van der Waals surface area contributed by atoms with Gasteiger partial charge < -0.3 is 15.3 Å². The second-order valence-corrected chi connectivity index (χ2v) is 10.2. The number of amides is 1. The van der Waals surface area contributed by atoms with Crippen LogP contribution >= 0.6 is 0 Å². The van der Waals surface area contributed by atoms with Crippen molar-refractivity contribution in [1.29, 1.82) is 0 Å². The van der Waals surface area contributed by atoms with Crippen molar-refractivity contribution in [2.75, 3.05) is 11.9 Å². The van der Waals surface area contributed by atoms with Gasteiger partial charge in [0.05, 0.1) is 6.04 Å². The number of nitrogens with one attached hydrogen (secondary N) is 1. The average molecular weight is 487 g/mol. The highest BCUT2D eigenvalue weighted by atomic mass is 16.4. The van der Waals surface area contributed by atoms with E-state index in [1.54, 1.807) is 0 Å². The maximum Gasteiger partial charge on any atom is 0.303 e. The minimum absolute atomic E-state index is 0.0218. The maximum atomic E-state index is 13.7. The van der Waals surface area contributed by atoms with Crippen LogP contribution in [0.2, 0.25) is 0 Å². The predicted molar refractivity (Wildman–Crippen MR) is 147 cm³/mol. The number of carboxylic acids is 1. The monoisotopic (exact) mass is 486 g/mol. The number of aliphatic carboxylic acids is 1. The quantitative estimate of drug-likeness (QED) is 0.326. The van der Waals surface area contributed by atoms with Crippen molar-refractivity contribution in [3.63, 3.8) is 0 Å². The number of aryl methyl sites for hydroxylation is 3. The summed E-state index contributed by atoms with van der Waals surface area (Å²) in [4.78, 5) is 27.1. The number of carbonyl (C=O) groups is 2. The van der Waals surface area contributed by atoms with E-state index in [1.807, 2.05) is 43.4 Å². The second kappa shape index (κ2) is 12.4. The van der Waals surface area contributed by atoms with Gasteiger partial charge in [-0.15, -0.1) is 0 Å². The molecule has 0 fully saturated rings. The van der Waals surface area contributed by atoms with E-state index in [9.17, 15) is 14.7 Å². The SMILES string of the molecule is Cc1cc(C)cc(C(CC(C)C)NC(=O)c2cc(N(C)Cc3ccccc3)ccc2CCC(=O)O)c1. The number of carboxylic acid groups (broad SMARTS) is 1. The van der Waals surface area contributed by atoms with Crippen LogP contribution in [0.3, 0.4) is 0 Å². The number of anilines is 1. The Kier molecular flexibility index (Phi) is 9.29. The highest BCUT2D eigenvalue weighted by molar-refractivity contribution is 5.97. The molecular weight excluding hydrogens is 448 g/mol. The summed E-state index contributed by atoms with van der Waals surface area (Å²) in [6.07, 6.45) is 1.10. The molecule has 3 aromatic rings. The first-order valence-corrected chi connectivity index (χ1v) is 12.6. The van der Waals surface area contributed by atoms with Gasteiger partial charge in [-0.3, -0.25) is 9.59 Å². The summed E-state index contributed by atoms with van der Waals surface area (Å²) in [7, 11) is 2.00. The minimum atomic E-state index is -0.875. The van der Waals surface area contributed by atoms with Gasteiger partial charge in [-0.05, 0) is 61.4 Å². The molecule has 5 nitrogen and oxygen atoms in total. The summed E-state index contributed by atoms with van der Waals surface area (Å²) in [6, 6.07) is 22.2. The van der Waals surface area contributed by atoms with Gasteiger partial charge >= 0.3 is 5.97 Å². The predicted octanol–water partition coefficient (Wildman–Crippen LogP) is 6.47. The van der Waals surface area contributed by atoms with Crippen molar-refractivity contribution in [1.82, 2.24) is 5.32 Å². The van der Waals surface area contributed by atoms with Gasteiger partial charge in [0.1, 0.15) is 0 Å². The van der Waals surface area contributed by atoms with Crippen LogP contribution in [0.4, 0.5) is 5.69 Å². The molecule has 1 atom stereocenters. The first-order valence-electron chi connectivity index (χ1n) is 12.6. The molecule has 3 rings (SSSR count). The van der Waals surface area contributed by atoms with Gasteiger partial charge in [0.2, 0.25) is 0 Å². The first-order chi connectivity index (χ1) is 17.1. The van der Waals surface area contributed by atoms with Crippen molar-refractivity contribution >= 4 is 17.6 Å². The van der Waals surface area contributed by atoms with E-state index in [0.29, 0.717) is 24.4 Å². The van der Waals surface area contributed by atoms with Crippen molar-refractivity contribution in [2.24, 2.45) is 5.92 Å². The molecule has 0 radical (unpaired) electrons. The molecule has 0 spiro atoms. The van der Waals surface area contributed by atoms with Gasteiger partial charge in [0, 0.05) is 31.3 Å². The lowest BCUT2D eigenvalue weighted by Gasteiger charge is -2.24. The van der Waals surface area contributed by atoms with E-state index in [4.69, 9.17) is 0 Å². The number of rotatable bonds is 11. The van der Waals surface area contributed by atoms with Gasteiger partial charge in [0.15, 0.2) is 0 Å². The van der Waals surface area contributed by atoms with Crippen molar-refractivity contribution < 1.29 is 14.7 Å². The number of nitrogens with zero attached hydrogens (tertiary/aromatic N) is 1. The lowest BCUT2D eigenvalue weighted by atomic mass is 9.93. The lowest BCUT2D eigenvalue weighted by molar-refractivity contribution is -0.136. The van der Waals surface area contributed by atoms with E-state index < -0.39 is 5.97 Å². The van der Waals surface area contributed by atoms with Crippen molar-refractivity contribution in [2.45, 2.75) is 59.5 Å². The Morgan fingerprint density at radius 3 is 2.22 bits per heavy atom. The largest absolute Gasteiger partial charge is 0.481 e. The smallest absolute Gasteiger partial charge is 0.303 e. The van der Waals surface area contributed by atoms with Crippen LogP contribution in [0.15, 0.2) is 66.7 Å². The molecular formula is C31H38N2O3. The molecule has 0 aromatic heterocycles. The van der Waals surface area contributed by atoms with E-state index >= 15 is 0 Å². The van der Waals surface area contributed by atoms with Gasteiger partial charge in [-0.2, -0.15) is 0 Å². The fourth-order valence-corrected chi connectivity index (χ4v) is 4.62. The Bertz CT molecular complexity index is 1170. The summed E-state index contributed by atoms with van der Waals surface area (Å²) in [5.41, 5.74) is 6.79. The number of hydrogen-bond acceptors (Lipinski definition) is 3. The summed E-state index contributed by atoms with van der Waals surface area (Å²) in [6.45, 7) is 9.15. The highest BCUT2D eigenvalue weighted by Gasteiger charge is 2.21. The Labute approximate surface area is 215 Å². The Morgan fingerprint density at radius 1 is 0.944 bits per heavy atom. The zero-order valence-corrected chi connectivity index (χ0v) is 22.0. The van der Waals surface area contributed by atoms with E-state index in [0.717, 1.165) is 23.2 Å². The van der Waals surface area contributed by atoms with Crippen LogP contribution in [0.1, 0.15) is 70.9 Å². The summed E-state index contributed by atoms with van der Waals surface area (Å²) < 4.78 is 0. The van der Waals surface area contributed by atoms with Gasteiger partial charge in [-0.25, -0.2) is 0 Å². The molecule has 0 aliphatic carbocycles. The number of benzene rings is 3.